The van der Waals surface area contributed by atoms with E-state index in [9.17, 15) is 9.59 Å². The molecule has 2 N–H and O–H groups in total. The number of carboxylic acids is 1. The van der Waals surface area contributed by atoms with Gasteiger partial charge in [-0.1, -0.05) is 19.8 Å². The van der Waals surface area contributed by atoms with Crippen LogP contribution in [0.3, 0.4) is 0 Å². The maximum absolute atomic E-state index is 11.6. The van der Waals surface area contributed by atoms with E-state index in [2.05, 4.69) is 5.32 Å². The second kappa shape index (κ2) is 8.11. The first-order valence-corrected chi connectivity index (χ1v) is 7.06. The topological polar surface area (TPSA) is 66.4 Å². The van der Waals surface area contributed by atoms with Crippen LogP contribution >= 0.6 is 0 Å². The quantitative estimate of drug-likeness (QED) is 0.700. The molecule has 0 aliphatic heterocycles. The summed E-state index contributed by atoms with van der Waals surface area (Å²) in [5.74, 6) is 0.363. The molecule has 1 aliphatic rings. The van der Waals surface area contributed by atoms with Gasteiger partial charge in [0.2, 0.25) is 5.91 Å². The molecule has 104 valence electrons. The van der Waals surface area contributed by atoms with Crippen LogP contribution in [0.25, 0.3) is 0 Å². The number of carbonyl (C=O) groups excluding carboxylic acids is 1. The Bertz CT molecular complexity index is 272. The fourth-order valence-corrected chi connectivity index (χ4v) is 2.52. The van der Waals surface area contributed by atoms with Gasteiger partial charge in [0.05, 0.1) is 0 Å². The highest BCUT2D eigenvalue weighted by Crippen LogP contribution is 2.27. The van der Waals surface area contributed by atoms with E-state index in [1.165, 1.54) is 25.7 Å². The van der Waals surface area contributed by atoms with E-state index in [-0.39, 0.29) is 12.3 Å². The highest BCUT2D eigenvalue weighted by Gasteiger charge is 2.18. The average molecular weight is 255 g/mol. The molecular weight excluding hydrogens is 230 g/mol. The molecule has 0 heterocycles. The Morgan fingerprint density at radius 1 is 1.28 bits per heavy atom. The van der Waals surface area contributed by atoms with Gasteiger partial charge in [0.25, 0.3) is 0 Å². The maximum atomic E-state index is 11.6. The number of amides is 1. The molecule has 1 atom stereocenters. The van der Waals surface area contributed by atoms with Crippen LogP contribution in [0.2, 0.25) is 0 Å². The summed E-state index contributed by atoms with van der Waals surface area (Å²) in [5, 5.41) is 11.5. The van der Waals surface area contributed by atoms with Gasteiger partial charge in [-0.15, -0.1) is 0 Å². The number of carbonyl (C=O) groups is 2. The number of hydrogen-bond donors (Lipinski definition) is 2. The highest BCUT2D eigenvalue weighted by atomic mass is 16.4. The monoisotopic (exact) mass is 255 g/mol. The normalized spacial score (nSPS) is 17.6. The third-order valence-corrected chi connectivity index (χ3v) is 3.76. The standard InChI is InChI=1S/C14H25NO3/c1-11(6-7-14(17)18)8-9-15-13(16)10-12-4-2-3-5-12/h11-12H,2-10H2,1H3,(H,15,16)(H,17,18). The van der Waals surface area contributed by atoms with E-state index < -0.39 is 5.97 Å². The fourth-order valence-electron chi connectivity index (χ4n) is 2.52. The van der Waals surface area contributed by atoms with Crippen LogP contribution in [0.5, 0.6) is 0 Å². The van der Waals surface area contributed by atoms with Crippen molar-refractivity contribution in [2.75, 3.05) is 6.54 Å². The van der Waals surface area contributed by atoms with Crippen molar-refractivity contribution >= 4 is 11.9 Å². The van der Waals surface area contributed by atoms with E-state index in [0.717, 1.165) is 6.42 Å². The summed E-state index contributed by atoms with van der Waals surface area (Å²) in [5.41, 5.74) is 0. The van der Waals surface area contributed by atoms with Gasteiger partial charge in [-0.2, -0.15) is 0 Å². The predicted octanol–water partition coefficient (Wildman–Crippen LogP) is 2.57. The zero-order valence-corrected chi connectivity index (χ0v) is 11.3. The van der Waals surface area contributed by atoms with E-state index in [4.69, 9.17) is 5.11 Å². The molecular formula is C14H25NO3. The van der Waals surface area contributed by atoms with E-state index in [1.807, 2.05) is 6.92 Å². The molecule has 4 nitrogen and oxygen atoms in total. The second-order valence-corrected chi connectivity index (χ2v) is 5.53. The van der Waals surface area contributed by atoms with E-state index in [0.29, 0.717) is 31.2 Å². The summed E-state index contributed by atoms with van der Waals surface area (Å²) in [6.45, 7) is 2.71. The number of hydrogen-bond acceptors (Lipinski definition) is 2. The Kier molecular flexibility index (Phi) is 6.76. The summed E-state index contributed by atoms with van der Waals surface area (Å²) >= 11 is 0. The molecule has 1 aliphatic carbocycles. The Hall–Kier alpha value is -1.06. The van der Waals surface area contributed by atoms with Gasteiger partial charge in [0, 0.05) is 19.4 Å². The lowest BCUT2D eigenvalue weighted by Gasteiger charge is -2.12. The summed E-state index contributed by atoms with van der Waals surface area (Å²) in [7, 11) is 0. The van der Waals surface area contributed by atoms with Crippen molar-refractivity contribution in [3.8, 4) is 0 Å². The van der Waals surface area contributed by atoms with Crippen molar-refractivity contribution in [2.24, 2.45) is 11.8 Å². The molecule has 1 fully saturated rings. The molecule has 0 aromatic rings. The third kappa shape index (κ3) is 6.62. The summed E-state index contributed by atoms with van der Waals surface area (Å²) in [4.78, 5) is 22.1. The Balaban J connectivity index is 2.02. The molecule has 1 rings (SSSR count). The van der Waals surface area contributed by atoms with Gasteiger partial charge >= 0.3 is 5.97 Å². The highest BCUT2D eigenvalue weighted by molar-refractivity contribution is 5.76. The van der Waals surface area contributed by atoms with Gasteiger partial charge in [0.1, 0.15) is 0 Å². The summed E-state index contributed by atoms with van der Waals surface area (Å²) in [6, 6.07) is 0. The smallest absolute Gasteiger partial charge is 0.303 e. The van der Waals surface area contributed by atoms with Crippen LogP contribution in [0.1, 0.15) is 58.3 Å². The van der Waals surface area contributed by atoms with Crippen LogP contribution in [-0.2, 0) is 9.59 Å². The van der Waals surface area contributed by atoms with Gasteiger partial charge in [-0.3, -0.25) is 9.59 Å². The molecule has 4 heteroatoms. The van der Waals surface area contributed by atoms with Gasteiger partial charge in [0.15, 0.2) is 0 Å². The van der Waals surface area contributed by atoms with Crippen LogP contribution < -0.4 is 5.32 Å². The molecule has 0 saturated heterocycles. The maximum Gasteiger partial charge on any atom is 0.303 e. The zero-order valence-electron chi connectivity index (χ0n) is 11.3. The largest absolute Gasteiger partial charge is 0.481 e. The molecule has 18 heavy (non-hydrogen) atoms. The summed E-state index contributed by atoms with van der Waals surface area (Å²) < 4.78 is 0. The minimum atomic E-state index is -0.743. The fraction of sp³-hybridized carbons (Fsp3) is 0.857. The second-order valence-electron chi connectivity index (χ2n) is 5.53. The number of rotatable bonds is 8. The Morgan fingerprint density at radius 3 is 2.56 bits per heavy atom. The van der Waals surface area contributed by atoms with E-state index in [1.54, 1.807) is 0 Å². The molecule has 0 radical (unpaired) electrons. The summed E-state index contributed by atoms with van der Waals surface area (Å²) in [6.07, 6.45) is 7.37. The average Bonchev–Trinajstić information content (AvgIpc) is 2.79. The lowest BCUT2D eigenvalue weighted by Crippen LogP contribution is -2.27. The van der Waals surface area contributed by atoms with Gasteiger partial charge < -0.3 is 10.4 Å². The van der Waals surface area contributed by atoms with Crippen molar-refractivity contribution in [1.29, 1.82) is 0 Å². The third-order valence-electron chi connectivity index (χ3n) is 3.76. The van der Waals surface area contributed by atoms with Crippen LogP contribution in [0.15, 0.2) is 0 Å². The molecule has 1 saturated carbocycles. The molecule has 0 aromatic heterocycles. The van der Waals surface area contributed by atoms with Crippen molar-refractivity contribution < 1.29 is 14.7 Å². The molecule has 1 unspecified atom stereocenters. The van der Waals surface area contributed by atoms with E-state index >= 15 is 0 Å². The van der Waals surface area contributed by atoms with Crippen LogP contribution in [0.4, 0.5) is 0 Å². The first-order chi connectivity index (χ1) is 8.58. The zero-order chi connectivity index (χ0) is 13.4. The van der Waals surface area contributed by atoms with Crippen molar-refractivity contribution in [1.82, 2.24) is 5.32 Å². The lowest BCUT2D eigenvalue weighted by molar-refractivity contribution is -0.137. The molecule has 1 amide bonds. The van der Waals surface area contributed by atoms with Crippen molar-refractivity contribution in [3.05, 3.63) is 0 Å². The number of aliphatic carboxylic acids is 1. The van der Waals surface area contributed by atoms with Crippen LogP contribution in [-0.4, -0.2) is 23.5 Å². The molecule has 0 spiro atoms. The molecule has 0 aromatic carbocycles. The van der Waals surface area contributed by atoms with Crippen molar-refractivity contribution in [3.63, 3.8) is 0 Å². The molecule has 0 bridgehead atoms. The SMILES string of the molecule is CC(CCNC(=O)CC1CCCC1)CCC(=O)O. The first-order valence-electron chi connectivity index (χ1n) is 7.06. The van der Waals surface area contributed by atoms with Gasteiger partial charge in [-0.25, -0.2) is 0 Å². The van der Waals surface area contributed by atoms with Gasteiger partial charge in [-0.05, 0) is 37.5 Å². The Labute approximate surface area is 109 Å². The number of carboxylic acid groups (broad SMARTS) is 1. The number of nitrogens with one attached hydrogen (secondary N) is 1. The Morgan fingerprint density at radius 2 is 1.94 bits per heavy atom. The predicted molar refractivity (Wildman–Crippen MR) is 70.2 cm³/mol. The van der Waals surface area contributed by atoms with Crippen molar-refractivity contribution in [2.45, 2.75) is 58.3 Å². The first kappa shape index (κ1) is 15.0. The minimum absolute atomic E-state index is 0.160. The van der Waals surface area contributed by atoms with Crippen LogP contribution in [0, 0.1) is 11.8 Å². The minimum Gasteiger partial charge on any atom is -0.481 e. The lowest BCUT2D eigenvalue weighted by atomic mass is 10.0.